The Kier molecular flexibility index (Phi) is 23.2. The van der Waals surface area contributed by atoms with E-state index in [4.69, 9.17) is 84.6 Å². The van der Waals surface area contributed by atoms with Crippen LogP contribution in [0.4, 0.5) is 5.69 Å². The molecule has 23 heteroatoms. The van der Waals surface area contributed by atoms with E-state index < -0.39 is 27.6 Å². The van der Waals surface area contributed by atoms with Gasteiger partial charge < -0.3 is 40.5 Å². The van der Waals surface area contributed by atoms with Crippen molar-refractivity contribution in [2.75, 3.05) is 37.5 Å². The molecular weight excluding hydrogens is 1080 g/mol. The highest BCUT2D eigenvalue weighted by molar-refractivity contribution is 8.93. The Bertz CT molecular complexity index is 3230. The first-order chi connectivity index (χ1) is 32.0. The number of anilines is 1. The highest BCUT2D eigenvalue weighted by atomic mass is 79.9. The van der Waals surface area contributed by atoms with Crippen LogP contribution in [0.5, 0.6) is 0 Å². The molecule has 1 aliphatic rings. The maximum absolute atomic E-state index is 11.6. The molecule has 0 bridgehead atoms. The van der Waals surface area contributed by atoms with Crippen LogP contribution < -0.4 is 38.6 Å². The Morgan fingerprint density at radius 3 is 1.48 bits per heavy atom. The second-order valence-corrected chi connectivity index (χ2v) is 19.1. The number of sulfone groups is 1. The number of aromatic nitrogens is 3. The fourth-order valence-corrected chi connectivity index (χ4v) is 8.50. The van der Waals surface area contributed by atoms with E-state index in [1.54, 1.807) is 41.2 Å². The number of primary amides is 3. The summed E-state index contributed by atoms with van der Waals surface area (Å²) >= 11 is 23.9. The number of halogens is 5. The second kappa shape index (κ2) is 27.0. The average Bonchev–Trinajstić information content (AvgIpc) is 3.27. The second-order valence-electron chi connectivity index (χ2n) is 15.3. The van der Waals surface area contributed by atoms with Crippen molar-refractivity contribution in [3.05, 3.63) is 179 Å². The van der Waals surface area contributed by atoms with Crippen LogP contribution >= 0.6 is 63.4 Å². The minimum absolute atomic E-state index is 0. The van der Waals surface area contributed by atoms with Crippen LogP contribution in [-0.2, 0) is 34.2 Å². The molecule has 7 rings (SSSR count). The van der Waals surface area contributed by atoms with Crippen molar-refractivity contribution in [1.82, 2.24) is 13.7 Å². The molecule has 3 aromatic carbocycles. The number of nitrogens with one attached hydrogen (secondary N) is 3. The lowest BCUT2D eigenvalue weighted by Crippen LogP contribution is -2.36. The summed E-state index contributed by atoms with van der Waals surface area (Å²) in [7, 11) is -3.31. The van der Waals surface area contributed by atoms with Gasteiger partial charge in [-0.2, -0.15) is 0 Å². The van der Waals surface area contributed by atoms with Crippen LogP contribution in [0.3, 0.4) is 0 Å². The van der Waals surface area contributed by atoms with E-state index in [9.17, 15) is 27.6 Å². The predicted octanol–water partition coefficient (Wildman–Crippen LogP) is 7.25. The fraction of sp³-hybridized carbons (Fsp3) is 0.229. The van der Waals surface area contributed by atoms with Gasteiger partial charge in [0.05, 0.1) is 49.9 Å². The summed E-state index contributed by atoms with van der Waals surface area (Å²) < 4.78 is 33.1. The van der Waals surface area contributed by atoms with E-state index in [0.29, 0.717) is 32.7 Å². The number of ketones is 1. The summed E-state index contributed by atoms with van der Waals surface area (Å²) in [4.78, 5) is 48.0. The summed E-state index contributed by atoms with van der Waals surface area (Å²) in [6.07, 6.45) is 5.79. The number of carbonyl (C=O) groups excluding carboxylic acids is 4. The number of Topliss-reactive ketones (excluding diaryl/α,β-unsaturated/α-hetero) is 1. The number of amides is 3. The minimum atomic E-state index is -3.31. The lowest BCUT2D eigenvalue weighted by molar-refractivity contribution is 0.0989. The lowest BCUT2D eigenvalue weighted by Gasteiger charge is -2.29. The standard InChI is InChI=1S/C17H19ClN4O2.C15H13Cl2N3O2.C14H14ClN3O3S.2CH4.BrH/c18-13-9-15(17(20)23)16(19)22(11-13)10-12-2-1-3-14(8-12)21-4-6-24-7-5-21;1-8(21)13-5-12(17)7-20(14(13)18)6-9-2-10(15(19)22)4-11(16)3-9;1-22(20,21)11-4-2-3-9(5-11)7-18-8-10(15)6-12(13(18)16)14(17)19;;;/h1-3,8-9,11,19H,4-7,10H2,(H2,20,23);2-5,7,18H,6H2,1H3,(H2,19,22);2-6,8,16H,7H2,1H3,(H2,17,19);2*1H4;1H. The zero-order valence-corrected chi connectivity index (χ0v) is 42.5. The van der Waals surface area contributed by atoms with E-state index in [0.717, 1.165) is 43.8 Å². The first-order valence-corrected chi connectivity index (χ1v) is 23.6. The number of carbonyl (C=O) groups is 4. The van der Waals surface area contributed by atoms with Crippen molar-refractivity contribution in [2.24, 2.45) is 17.2 Å². The Morgan fingerprint density at radius 1 is 0.592 bits per heavy atom. The zero-order chi connectivity index (χ0) is 50.0. The Balaban J connectivity index is 0.000000358. The third kappa shape index (κ3) is 17.1. The number of pyridine rings is 3. The van der Waals surface area contributed by atoms with E-state index in [1.807, 2.05) is 12.1 Å². The summed E-state index contributed by atoms with van der Waals surface area (Å²) in [5, 5.41) is 25.6. The van der Waals surface area contributed by atoms with Gasteiger partial charge in [-0.3, -0.25) is 35.4 Å². The molecule has 1 aliphatic heterocycles. The molecular formula is C48H55BrCl4N10O7S. The van der Waals surface area contributed by atoms with Crippen LogP contribution in [0.1, 0.15) is 79.9 Å². The molecule has 3 aromatic heterocycles. The summed E-state index contributed by atoms with van der Waals surface area (Å²) in [6.45, 7) is 5.44. The van der Waals surface area contributed by atoms with Gasteiger partial charge in [0.2, 0.25) is 5.91 Å². The molecule has 1 fully saturated rings. The van der Waals surface area contributed by atoms with Gasteiger partial charge in [-0.05, 0) is 84.3 Å². The maximum Gasteiger partial charge on any atom is 0.252 e. The minimum Gasteiger partial charge on any atom is -0.378 e. The Hall–Kier alpha value is -6.06. The van der Waals surface area contributed by atoms with Gasteiger partial charge in [0, 0.05) is 73.8 Å². The SMILES string of the molecule is Br.C.C.CC(=O)c1cc(Cl)cn(Cc2cc(Cl)cc(C(N)=O)c2)c1=N.CS(=O)(=O)c1cccc(Cn2cc(Cl)cc(C(N)=O)c2=N)c1.N=c1c(C(N)=O)cc(Cl)cn1Cc1cccc(N2CCOCC2)c1. The van der Waals surface area contributed by atoms with Crippen molar-refractivity contribution in [1.29, 1.82) is 16.2 Å². The van der Waals surface area contributed by atoms with Gasteiger partial charge in [-0.25, -0.2) is 8.42 Å². The van der Waals surface area contributed by atoms with Crippen LogP contribution in [0.15, 0.2) is 108 Å². The molecule has 0 saturated carbocycles. The number of benzene rings is 3. The van der Waals surface area contributed by atoms with Crippen molar-refractivity contribution in [3.63, 3.8) is 0 Å². The van der Waals surface area contributed by atoms with Crippen molar-refractivity contribution in [3.8, 4) is 0 Å². The number of ether oxygens (including phenoxy) is 1. The highest BCUT2D eigenvalue weighted by Crippen LogP contribution is 2.20. The smallest absolute Gasteiger partial charge is 0.252 e. The number of nitrogens with two attached hydrogens (primary N) is 3. The van der Waals surface area contributed by atoms with Crippen LogP contribution in [-0.4, -0.2) is 78.2 Å². The zero-order valence-electron chi connectivity index (χ0n) is 37.0. The molecule has 0 radical (unpaired) electrons. The summed E-state index contributed by atoms with van der Waals surface area (Å²) in [6, 6.07) is 23.4. The largest absolute Gasteiger partial charge is 0.378 e. The number of nitrogens with zero attached hydrogens (tertiary/aromatic N) is 4. The average molecular weight is 1140 g/mol. The predicted molar refractivity (Wildman–Crippen MR) is 283 cm³/mol. The van der Waals surface area contributed by atoms with Crippen molar-refractivity contribution < 1.29 is 32.3 Å². The third-order valence-corrected chi connectivity index (χ3v) is 12.1. The quantitative estimate of drug-likeness (QED) is 0.0677. The molecule has 71 heavy (non-hydrogen) atoms. The van der Waals surface area contributed by atoms with Gasteiger partial charge in [0.25, 0.3) is 11.8 Å². The van der Waals surface area contributed by atoms with Gasteiger partial charge >= 0.3 is 0 Å². The molecule has 0 aliphatic carbocycles. The summed E-state index contributed by atoms with van der Waals surface area (Å²) in [5.41, 5.74) is 19.9. The molecule has 3 amide bonds. The van der Waals surface area contributed by atoms with Gasteiger partial charge in [0.1, 0.15) is 16.5 Å². The fourth-order valence-electron chi connectivity index (χ4n) is 6.87. The number of hydrogen-bond donors (Lipinski definition) is 6. The van der Waals surface area contributed by atoms with E-state index >= 15 is 0 Å². The van der Waals surface area contributed by atoms with E-state index in [-0.39, 0.29) is 99.3 Å². The first kappa shape index (κ1) is 61.1. The molecule has 9 N–H and O–H groups in total. The van der Waals surface area contributed by atoms with E-state index in [2.05, 4.69) is 17.0 Å². The molecule has 0 unspecified atom stereocenters. The highest BCUT2D eigenvalue weighted by Gasteiger charge is 2.15. The maximum atomic E-state index is 11.6. The third-order valence-electron chi connectivity index (χ3n) is 10.1. The molecule has 0 spiro atoms. The van der Waals surface area contributed by atoms with Crippen LogP contribution in [0.25, 0.3) is 0 Å². The van der Waals surface area contributed by atoms with E-state index in [1.165, 1.54) is 58.7 Å². The molecule has 0 atom stereocenters. The number of hydrogen-bond acceptors (Lipinski definition) is 11. The van der Waals surface area contributed by atoms with Gasteiger partial charge in [-0.15, -0.1) is 17.0 Å². The Labute approximate surface area is 441 Å². The van der Waals surface area contributed by atoms with Crippen LogP contribution in [0, 0.1) is 16.2 Å². The lowest BCUT2D eigenvalue weighted by atomic mass is 10.1. The molecule has 1 saturated heterocycles. The topological polar surface area (TPSA) is 279 Å². The number of morpholine rings is 1. The normalized spacial score (nSPS) is 11.7. The molecule has 4 heterocycles. The monoisotopic (exact) mass is 1130 g/mol. The molecule has 17 nitrogen and oxygen atoms in total. The molecule has 6 aromatic rings. The van der Waals surface area contributed by atoms with Crippen molar-refractivity contribution in [2.45, 2.75) is 46.3 Å². The van der Waals surface area contributed by atoms with Gasteiger partial charge in [0.15, 0.2) is 15.6 Å². The first-order valence-electron chi connectivity index (χ1n) is 20.2. The Morgan fingerprint density at radius 2 is 1.03 bits per heavy atom. The number of rotatable bonds is 12. The summed E-state index contributed by atoms with van der Waals surface area (Å²) in [5.74, 6) is -2.23. The molecule has 380 valence electrons. The van der Waals surface area contributed by atoms with Gasteiger partial charge in [-0.1, -0.05) is 85.5 Å². The van der Waals surface area contributed by atoms with Crippen molar-refractivity contribution >= 4 is 102 Å². The van der Waals surface area contributed by atoms with Crippen LogP contribution in [0.2, 0.25) is 20.1 Å².